The monoisotopic (exact) mass is 114 g/mol. The van der Waals surface area contributed by atoms with Crippen LogP contribution in [0.3, 0.4) is 0 Å². The van der Waals surface area contributed by atoms with Gasteiger partial charge >= 0.3 is 0 Å². The van der Waals surface area contributed by atoms with Gasteiger partial charge in [-0.15, -0.1) is 0 Å². The van der Waals surface area contributed by atoms with E-state index in [2.05, 4.69) is 4.99 Å². The SMILES string of the molecule is CC1(C)CN=C(N)O1. The third-order valence-corrected chi connectivity index (χ3v) is 0.997. The van der Waals surface area contributed by atoms with Gasteiger partial charge in [0.15, 0.2) is 0 Å². The average Bonchev–Trinajstić information content (AvgIpc) is 1.82. The van der Waals surface area contributed by atoms with Crippen LogP contribution in [0.4, 0.5) is 0 Å². The fraction of sp³-hybridized carbons (Fsp3) is 0.800. The van der Waals surface area contributed by atoms with Crippen LogP contribution in [0, 0.1) is 0 Å². The van der Waals surface area contributed by atoms with E-state index < -0.39 is 0 Å². The van der Waals surface area contributed by atoms with Crippen LogP contribution in [-0.2, 0) is 4.74 Å². The normalized spacial score (nSPS) is 24.5. The van der Waals surface area contributed by atoms with Crippen LogP contribution in [0.5, 0.6) is 0 Å². The Morgan fingerprint density at radius 3 is 2.50 bits per heavy atom. The summed E-state index contributed by atoms with van der Waals surface area (Å²) >= 11 is 0. The van der Waals surface area contributed by atoms with E-state index in [0.29, 0.717) is 12.6 Å². The Morgan fingerprint density at radius 2 is 2.38 bits per heavy atom. The molecule has 3 heteroatoms. The van der Waals surface area contributed by atoms with E-state index in [1.165, 1.54) is 0 Å². The summed E-state index contributed by atoms with van der Waals surface area (Å²) in [5, 5.41) is 0. The third kappa shape index (κ3) is 0.911. The van der Waals surface area contributed by atoms with Crippen LogP contribution >= 0.6 is 0 Å². The summed E-state index contributed by atoms with van der Waals surface area (Å²) in [5.41, 5.74) is 5.08. The van der Waals surface area contributed by atoms with Crippen LogP contribution in [-0.4, -0.2) is 18.2 Å². The zero-order chi connectivity index (χ0) is 6.20. The fourth-order valence-electron chi connectivity index (χ4n) is 0.616. The molecule has 0 aliphatic carbocycles. The molecule has 0 unspecified atom stereocenters. The lowest BCUT2D eigenvalue weighted by molar-refractivity contribution is 0.128. The third-order valence-electron chi connectivity index (χ3n) is 0.997. The summed E-state index contributed by atoms with van der Waals surface area (Å²) in [5.74, 6) is 0. The Kier molecular flexibility index (Phi) is 0.927. The van der Waals surface area contributed by atoms with E-state index in [4.69, 9.17) is 10.5 Å². The van der Waals surface area contributed by atoms with E-state index in [1.54, 1.807) is 0 Å². The highest BCUT2D eigenvalue weighted by Crippen LogP contribution is 2.14. The molecule has 0 amide bonds. The lowest BCUT2D eigenvalue weighted by Gasteiger charge is -2.14. The molecule has 0 saturated carbocycles. The number of nitrogens with zero attached hydrogens (tertiary/aromatic N) is 1. The molecule has 0 aromatic heterocycles. The van der Waals surface area contributed by atoms with E-state index >= 15 is 0 Å². The number of hydrogen-bond acceptors (Lipinski definition) is 3. The number of amidine groups is 1. The van der Waals surface area contributed by atoms with Gasteiger partial charge in [0, 0.05) is 0 Å². The van der Waals surface area contributed by atoms with Gasteiger partial charge in [-0.3, -0.25) is 0 Å². The quantitative estimate of drug-likeness (QED) is 0.486. The van der Waals surface area contributed by atoms with Gasteiger partial charge in [0.1, 0.15) is 5.60 Å². The van der Waals surface area contributed by atoms with Crippen molar-refractivity contribution in [2.24, 2.45) is 10.7 Å². The molecule has 1 aliphatic rings. The number of aliphatic imine (C=N–C) groups is 1. The summed E-state index contributed by atoms with van der Waals surface area (Å²) in [6.45, 7) is 4.59. The van der Waals surface area contributed by atoms with E-state index in [9.17, 15) is 0 Å². The number of rotatable bonds is 0. The molecule has 46 valence electrons. The maximum absolute atomic E-state index is 5.24. The Hall–Kier alpha value is -0.730. The van der Waals surface area contributed by atoms with Crippen molar-refractivity contribution in [1.82, 2.24) is 0 Å². The topological polar surface area (TPSA) is 47.6 Å². The van der Waals surface area contributed by atoms with Crippen molar-refractivity contribution in [2.75, 3.05) is 6.54 Å². The second-order valence-electron chi connectivity index (χ2n) is 2.52. The molecule has 0 saturated heterocycles. The lowest BCUT2D eigenvalue weighted by atomic mass is 10.1. The molecule has 0 fully saturated rings. The van der Waals surface area contributed by atoms with Crippen LogP contribution in [0.1, 0.15) is 13.8 Å². The van der Waals surface area contributed by atoms with Gasteiger partial charge in [-0.2, -0.15) is 0 Å². The second kappa shape index (κ2) is 1.37. The van der Waals surface area contributed by atoms with Crippen molar-refractivity contribution in [3.05, 3.63) is 0 Å². The minimum Gasteiger partial charge on any atom is -0.457 e. The number of ether oxygens (including phenoxy) is 1. The number of hydrogen-bond donors (Lipinski definition) is 1. The Labute approximate surface area is 48.5 Å². The largest absolute Gasteiger partial charge is 0.457 e. The van der Waals surface area contributed by atoms with Gasteiger partial charge in [0.05, 0.1) is 6.54 Å². The summed E-state index contributed by atoms with van der Waals surface area (Å²) in [7, 11) is 0. The maximum Gasteiger partial charge on any atom is 0.282 e. The molecule has 2 N–H and O–H groups in total. The molecular formula is C5H10N2O. The molecule has 8 heavy (non-hydrogen) atoms. The van der Waals surface area contributed by atoms with Crippen LogP contribution in [0.15, 0.2) is 4.99 Å². The minimum absolute atomic E-state index is 0.163. The van der Waals surface area contributed by atoms with Crippen molar-refractivity contribution >= 4 is 6.02 Å². The first-order valence-corrected chi connectivity index (χ1v) is 2.59. The molecule has 0 radical (unpaired) electrons. The first-order valence-electron chi connectivity index (χ1n) is 2.59. The van der Waals surface area contributed by atoms with E-state index in [1.807, 2.05) is 13.8 Å². The predicted molar refractivity (Wildman–Crippen MR) is 31.7 cm³/mol. The van der Waals surface area contributed by atoms with Crippen LogP contribution < -0.4 is 5.73 Å². The summed E-state index contributed by atoms with van der Waals surface area (Å²) in [4.78, 5) is 3.86. The average molecular weight is 114 g/mol. The predicted octanol–water partition coefficient (Wildman–Crippen LogP) is 0.110. The summed E-state index contributed by atoms with van der Waals surface area (Å²) in [6.07, 6.45) is 0. The van der Waals surface area contributed by atoms with Crippen molar-refractivity contribution in [2.45, 2.75) is 19.4 Å². The fourth-order valence-corrected chi connectivity index (χ4v) is 0.616. The molecule has 0 aromatic rings. The van der Waals surface area contributed by atoms with Crippen molar-refractivity contribution in [1.29, 1.82) is 0 Å². The Morgan fingerprint density at radius 1 is 1.75 bits per heavy atom. The van der Waals surface area contributed by atoms with Crippen molar-refractivity contribution in [3.63, 3.8) is 0 Å². The van der Waals surface area contributed by atoms with Crippen LogP contribution in [0.25, 0.3) is 0 Å². The molecule has 3 nitrogen and oxygen atoms in total. The van der Waals surface area contributed by atoms with Gasteiger partial charge in [-0.05, 0) is 13.8 Å². The second-order valence-corrected chi connectivity index (χ2v) is 2.52. The molecular weight excluding hydrogens is 104 g/mol. The minimum atomic E-state index is -0.163. The molecule has 1 heterocycles. The Bertz CT molecular complexity index is 128. The van der Waals surface area contributed by atoms with E-state index in [-0.39, 0.29) is 5.60 Å². The van der Waals surface area contributed by atoms with Crippen molar-refractivity contribution < 1.29 is 4.74 Å². The molecule has 0 spiro atoms. The molecule has 1 aliphatic heterocycles. The van der Waals surface area contributed by atoms with Crippen LogP contribution in [0.2, 0.25) is 0 Å². The highest BCUT2D eigenvalue weighted by atomic mass is 16.5. The zero-order valence-electron chi connectivity index (χ0n) is 5.14. The number of nitrogens with two attached hydrogens (primary N) is 1. The van der Waals surface area contributed by atoms with Gasteiger partial charge < -0.3 is 10.5 Å². The Balaban J connectivity index is 2.55. The molecule has 0 aromatic carbocycles. The van der Waals surface area contributed by atoms with E-state index in [0.717, 1.165) is 0 Å². The lowest BCUT2D eigenvalue weighted by Crippen LogP contribution is -2.26. The zero-order valence-corrected chi connectivity index (χ0v) is 5.14. The van der Waals surface area contributed by atoms with Gasteiger partial charge in [-0.25, -0.2) is 4.99 Å². The van der Waals surface area contributed by atoms with Gasteiger partial charge in [0.2, 0.25) is 0 Å². The first-order chi connectivity index (χ1) is 3.60. The highest BCUT2D eigenvalue weighted by molar-refractivity contribution is 5.73. The maximum atomic E-state index is 5.24. The highest BCUT2D eigenvalue weighted by Gasteiger charge is 2.25. The van der Waals surface area contributed by atoms with Gasteiger partial charge in [-0.1, -0.05) is 0 Å². The van der Waals surface area contributed by atoms with Crippen molar-refractivity contribution in [3.8, 4) is 0 Å². The standard InChI is InChI=1S/C5H10N2O/c1-5(2)3-7-4(6)8-5/h3H2,1-2H3,(H2,6,7). The summed E-state index contributed by atoms with van der Waals surface area (Å²) in [6, 6.07) is 0.315. The van der Waals surface area contributed by atoms with Gasteiger partial charge in [0.25, 0.3) is 6.02 Å². The molecule has 0 bridgehead atoms. The smallest absolute Gasteiger partial charge is 0.282 e. The summed E-state index contributed by atoms with van der Waals surface area (Å²) < 4.78 is 5.08. The molecule has 0 atom stereocenters. The molecule has 1 rings (SSSR count). The first kappa shape index (κ1) is 5.41.